The van der Waals surface area contributed by atoms with Gasteiger partial charge in [0, 0.05) is 22.1 Å². The van der Waals surface area contributed by atoms with Crippen molar-refractivity contribution in [3.8, 4) is 0 Å². The van der Waals surface area contributed by atoms with E-state index in [0.29, 0.717) is 13.1 Å². The molecule has 0 aliphatic carbocycles. The highest BCUT2D eigenvalue weighted by molar-refractivity contribution is 9.10. The first-order valence-electron chi connectivity index (χ1n) is 9.25. The topological polar surface area (TPSA) is 67.1 Å². The monoisotopic (exact) mass is 426 g/mol. The Morgan fingerprint density at radius 3 is 2.23 bits per heavy atom. The molecule has 1 heterocycles. The summed E-state index contributed by atoms with van der Waals surface area (Å²) in [6, 6.07) is 7.63. The summed E-state index contributed by atoms with van der Waals surface area (Å²) in [6.45, 7) is 10.7. The number of benzene rings is 1. The number of rotatable bonds is 5. The zero-order valence-electron chi connectivity index (χ0n) is 16.0. The highest BCUT2D eigenvalue weighted by Gasteiger charge is 2.25. The van der Waals surface area contributed by atoms with E-state index in [4.69, 9.17) is 0 Å². The van der Waals surface area contributed by atoms with Crippen LogP contribution in [0.3, 0.4) is 0 Å². The fourth-order valence-corrected chi connectivity index (χ4v) is 3.63. The van der Waals surface area contributed by atoms with Crippen LogP contribution in [0.5, 0.6) is 0 Å². The smallest absolute Gasteiger partial charge is 0.279 e. The van der Waals surface area contributed by atoms with Crippen molar-refractivity contribution < 1.29 is 19.4 Å². The van der Waals surface area contributed by atoms with Gasteiger partial charge in [-0.05, 0) is 39.0 Å². The average molecular weight is 427 g/mol. The van der Waals surface area contributed by atoms with Crippen LogP contribution in [0.4, 0.5) is 5.69 Å². The Labute approximate surface area is 164 Å². The summed E-state index contributed by atoms with van der Waals surface area (Å²) >= 11 is 3.41. The summed E-state index contributed by atoms with van der Waals surface area (Å²) in [7, 11) is 0. The summed E-state index contributed by atoms with van der Waals surface area (Å²) < 4.78 is 0.949. The zero-order chi connectivity index (χ0) is 19.2. The van der Waals surface area contributed by atoms with Crippen molar-refractivity contribution in [2.45, 2.75) is 32.7 Å². The lowest BCUT2D eigenvalue weighted by molar-refractivity contribution is -0.930. The van der Waals surface area contributed by atoms with E-state index in [1.165, 1.54) is 9.80 Å². The molecule has 0 radical (unpaired) electrons. The van der Waals surface area contributed by atoms with Crippen molar-refractivity contribution in [1.29, 1.82) is 0 Å². The number of carbonyl (C=O) groups is 2. The Hall–Kier alpha value is -1.44. The first-order chi connectivity index (χ1) is 12.2. The summed E-state index contributed by atoms with van der Waals surface area (Å²) in [4.78, 5) is 27.0. The van der Waals surface area contributed by atoms with E-state index in [9.17, 15) is 9.59 Å². The van der Waals surface area contributed by atoms with Crippen LogP contribution in [-0.4, -0.2) is 56.6 Å². The summed E-state index contributed by atoms with van der Waals surface area (Å²) in [5.74, 6) is 0.135. The highest BCUT2D eigenvalue weighted by atomic mass is 79.9. The fraction of sp³-hybridized carbons (Fsp3) is 0.579. The van der Waals surface area contributed by atoms with Gasteiger partial charge < -0.3 is 20.4 Å². The number of carbonyl (C=O) groups excluding carboxylic acids is 2. The molecule has 2 amide bonds. The minimum atomic E-state index is -0.190. The van der Waals surface area contributed by atoms with Gasteiger partial charge in [0.05, 0.1) is 13.1 Å². The standard InChI is InChI=1S/C19H29BrN4O2/c1-19(2,3)22-18(26)14-24-9-5-8-23(10-11-24)13-17(25)21-16-7-4-6-15(20)12-16/h4,6-7,12H,5,8-11,13-14H2,1-3H3,(H,21,25)(H,22,26)/p+2. The average Bonchev–Trinajstić information content (AvgIpc) is 2.70. The SMILES string of the molecule is CC(C)(C)NC(=O)C[NH+]1CCC[NH+](CC(=O)Nc2cccc(Br)c2)CC1. The number of hydrogen-bond donors (Lipinski definition) is 4. The molecule has 1 aliphatic rings. The number of quaternary nitrogens is 2. The second-order valence-corrected chi connectivity index (χ2v) is 8.98. The molecule has 0 saturated carbocycles. The molecule has 1 fully saturated rings. The molecule has 0 spiro atoms. The maximum atomic E-state index is 12.3. The molecular weight excluding hydrogens is 396 g/mol. The van der Waals surface area contributed by atoms with Gasteiger partial charge in [0.2, 0.25) is 0 Å². The first-order valence-corrected chi connectivity index (χ1v) is 10.0. The van der Waals surface area contributed by atoms with E-state index in [1.807, 2.05) is 45.0 Å². The van der Waals surface area contributed by atoms with Crippen LogP contribution in [-0.2, 0) is 9.59 Å². The van der Waals surface area contributed by atoms with Crippen molar-refractivity contribution in [3.05, 3.63) is 28.7 Å². The van der Waals surface area contributed by atoms with E-state index < -0.39 is 0 Å². The fourth-order valence-electron chi connectivity index (χ4n) is 3.23. The minimum absolute atomic E-state index is 0.0343. The van der Waals surface area contributed by atoms with Crippen molar-refractivity contribution >= 4 is 33.4 Å². The van der Waals surface area contributed by atoms with Crippen molar-refractivity contribution in [2.24, 2.45) is 0 Å². The summed E-state index contributed by atoms with van der Waals surface area (Å²) in [6.07, 6.45) is 1.03. The van der Waals surface area contributed by atoms with E-state index in [1.54, 1.807) is 0 Å². The van der Waals surface area contributed by atoms with Gasteiger partial charge in [0.25, 0.3) is 11.8 Å². The second-order valence-electron chi connectivity index (χ2n) is 8.06. The molecule has 1 aromatic rings. The molecule has 1 aliphatic heterocycles. The Morgan fingerprint density at radius 1 is 1.04 bits per heavy atom. The molecule has 0 aromatic heterocycles. The molecule has 7 heteroatoms. The lowest BCUT2D eigenvalue weighted by Crippen LogP contribution is -3.18. The van der Waals surface area contributed by atoms with Gasteiger partial charge in [-0.15, -0.1) is 0 Å². The van der Waals surface area contributed by atoms with Crippen LogP contribution < -0.4 is 20.4 Å². The van der Waals surface area contributed by atoms with Gasteiger partial charge in [-0.2, -0.15) is 0 Å². The molecule has 1 aromatic carbocycles. The third kappa shape index (κ3) is 7.85. The summed E-state index contributed by atoms with van der Waals surface area (Å²) in [5.41, 5.74) is 0.620. The lowest BCUT2D eigenvalue weighted by Gasteiger charge is -2.22. The molecule has 1 saturated heterocycles. The molecule has 2 rings (SSSR count). The number of hydrogen-bond acceptors (Lipinski definition) is 2. The quantitative estimate of drug-likeness (QED) is 0.511. The van der Waals surface area contributed by atoms with Crippen LogP contribution in [0, 0.1) is 0 Å². The van der Waals surface area contributed by atoms with Crippen LogP contribution in [0.15, 0.2) is 28.7 Å². The molecule has 0 bridgehead atoms. The van der Waals surface area contributed by atoms with Crippen LogP contribution in [0.2, 0.25) is 0 Å². The van der Waals surface area contributed by atoms with Gasteiger partial charge in [-0.3, -0.25) is 9.59 Å². The van der Waals surface area contributed by atoms with Gasteiger partial charge in [0.1, 0.15) is 13.1 Å². The van der Waals surface area contributed by atoms with Crippen LogP contribution in [0.1, 0.15) is 27.2 Å². The number of halogens is 1. The molecule has 2 unspecified atom stereocenters. The lowest BCUT2D eigenvalue weighted by atomic mass is 10.1. The molecule has 144 valence electrons. The van der Waals surface area contributed by atoms with Crippen LogP contribution >= 0.6 is 15.9 Å². The zero-order valence-corrected chi connectivity index (χ0v) is 17.5. The van der Waals surface area contributed by atoms with Crippen molar-refractivity contribution in [1.82, 2.24) is 5.32 Å². The van der Waals surface area contributed by atoms with Crippen molar-refractivity contribution in [2.75, 3.05) is 44.6 Å². The third-order valence-corrected chi connectivity index (χ3v) is 4.83. The molecule has 26 heavy (non-hydrogen) atoms. The molecule has 6 nitrogen and oxygen atoms in total. The third-order valence-electron chi connectivity index (χ3n) is 4.34. The maximum absolute atomic E-state index is 12.3. The number of nitrogens with one attached hydrogen (secondary N) is 4. The molecular formula is C19H31BrN4O2+2. The van der Waals surface area contributed by atoms with E-state index in [-0.39, 0.29) is 17.4 Å². The second kappa shape index (κ2) is 9.48. The Kier molecular flexibility index (Phi) is 7.61. The van der Waals surface area contributed by atoms with E-state index in [0.717, 1.165) is 42.8 Å². The van der Waals surface area contributed by atoms with Crippen LogP contribution in [0.25, 0.3) is 0 Å². The number of amides is 2. The molecule has 4 N–H and O–H groups in total. The maximum Gasteiger partial charge on any atom is 0.279 e. The Morgan fingerprint density at radius 2 is 1.65 bits per heavy atom. The van der Waals surface area contributed by atoms with Gasteiger partial charge in [0.15, 0.2) is 13.1 Å². The predicted octanol–water partition coefficient (Wildman–Crippen LogP) is -0.524. The van der Waals surface area contributed by atoms with Gasteiger partial charge in [-0.25, -0.2) is 0 Å². The minimum Gasteiger partial charge on any atom is -0.347 e. The Balaban J connectivity index is 1.77. The molecule has 2 atom stereocenters. The van der Waals surface area contributed by atoms with Gasteiger partial charge in [-0.1, -0.05) is 22.0 Å². The normalized spacial score (nSPS) is 20.9. The van der Waals surface area contributed by atoms with E-state index in [2.05, 4.69) is 26.6 Å². The van der Waals surface area contributed by atoms with Gasteiger partial charge >= 0.3 is 0 Å². The Bertz CT molecular complexity index is 630. The highest BCUT2D eigenvalue weighted by Crippen LogP contribution is 2.15. The van der Waals surface area contributed by atoms with E-state index >= 15 is 0 Å². The van der Waals surface area contributed by atoms with Crippen molar-refractivity contribution in [3.63, 3.8) is 0 Å². The first kappa shape index (κ1) is 20.9. The largest absolute Gasteiger partial charge is 0.347 e. The predicted molar refractivity (Wildman–Crippen MR) is 106 cm³/mol. The number of anilines is 1. The summed E-state index contributed by atoms with van der Waals surface area (Å²) in [5, 5.41) is 5.99.